The first-order chi connectivity index (χ1) is 8.06. The Kier molecular flexibility index (Phi) is 5.38. The lowest BCUT2D eigenvalue weighted by Crippen LogP contribution is -2.23. The Balaban J connectivity index is 2.70. The zero-order valence-electron chi connectivity index (χ0n) is 10.7. The van der Waals surface area contributed by atoms with Crippen molar-refractivity contribution in [3.8, 4) is 0 Å². The quantitative estimate of drug-likeness (QED) is 0.775. The van der Waals surface area contributed by atoms with Crippen LogP contribution in [0, 0.1) is 5.82 Å². The van der Waals surface area contributed by atoms with Gasteiger partial charge >= 0.3 is 0 Å². The van der Waals surface area contributed by atoms with E-state index in [2.05, 4.69) is 0 Å². The summed E-state index contributed by atoms with van der Waals surface area (Å²) in [5, 5.41) is 0. The summed E-state index contributed by atoms with van der Waals surface area (Å²) in [5.41, 5.74) is 7.09. The summed E-state index contributed by atoms with van der Waals surface area (Å²) in [6, 6.07) is 4.98. The predicted molar refractivity (Wildman–Crippen MR) is 68.8 cm³/mol. The molecule has 0 amide bonds. The Hall–Kier alpha value is -1.13. The highest BCUT2D eigenvalue weighted by Gasteiger charge is 2.09. The van der Waals surface area contributed by atoms with Gasteiger partial charge in [-0.3, -0.25) is 0 Å². The molecule has 96 valence electrons. The molecule has 1 aromatic carbocycles. The molecule has 1 rings (SSSR count). The highest BCUT2D eigenvalue weighted by molar-refractivity contribution is 5.48. The van der Waals surface area contributed by atoms with Crippen LogP contribution in [0.3, 0.4) is 0 Å². The van der Waals surface area contributed by atoms with Crippen molar-refractivity contribution in [2.24, 2.45) is 5.73 Å². The normalized spacial score (nSPS) is 12.5. The van der Waals surface area contributed by atoms with Crippen molar-refractivity contribution >= 4 is 5.69 Å². The topological polar surface area (TPSA) is 38.5 Å². The maximum Gasteiger partial charge on any atom is 0.146 e. The van der Waals surface area contributed by atoms with Gasteiger partial charge in [0.25, 0.3) is 0 Å². The molecule has 0 heterocycles. The Morgan fingerprint density at radius 2 is 2.18 bits per heavy atom. The van der Waals surface area contributed by atoms with E-state index in [1.54, 1.807) is 6.07 Å². The van der Waals surface area contributed by atoms with Crippen molar-refractivity contribution in [2.45, 2.75) is 19.9 Å². The molecule has 0 aromatic heterocycles. The van der Waals surface area contributed by atoms with Gasteiger partial charge in [-0.15, -0.1) is 0 Å². The summed E-state index contributed by atoms with van der Waals surface area (Å²) in [7, 11) is 1.85. The van der Waals surface area contributed by atoms with Gasteiger partial charge in [0.05, 0.1) is 12.3 Å². The van der Waals surface area contributed by atoms with Crippen LogP contribution in [0.5, 0.6) is 0 Å². The number of halogens is 1. The average Bonchev–Trinajstić information content (AvgIpc) is 2.28. The van der Waals surface area contributed by atoms with E-state index in [-0.39, 0.29) is 11.9 Å². The van der Waals surface area contributed by atoms with Crippen molar-refractivity contribution in [1.82, 2.24) is 0 Å². The van der Waals surface area contributed by atoms with Gasteiger partial charge in [0, 0.05) is 26.2 Å². The van der Waals surface area contributed by atoms with E-state index < -0.39 is 0 Å². The van der Waals surface area contributed by atoms with Gasteiger partial charge < -0.3 is 15.4 Å². The van der Waals surface area contributed by atoms with Gasteiger partial charge in [-0.05, 0) is 31.5 Å². The molecule has 0 radical (unpaired) electrons. The van der Waals surface area contributed by atoms with Gasteiger partial charge in [-0.2, -0.15) is 0 Å². The van der Waals surface area contributed by atoms with Gasteiger partial charge in [0.15, 0.2) is 0 Å². The third kappa shape index (κ3) is 3.98. The van der Waals surface area contributed by atoms with Crippen molar-refractivity contribution in [3.63, 3.8) is 0 Å². The summed E-state index contributed by atoms with van der Waals surface area (Å²) in [6.45, 7) is 5.73. The highest BCUT2D eigenvalue weighted by Crippen LogP contribution is 2.21. The first-order valence-electron chi connectivity index (χ1n) is 5.90. The van der Waals surface area contributed by atoms with E-state index >= 15 is 0 Å². The number of hydrogen-bond donors (Lipinski definition) is 1. The van der Waals surface area contributed by atoms with E-state index in [1.165, 1.54) is 6.07 Å². The molecule has 1 atom stereocenters. The summed E-state index contributed by atoms with van der Waals surface area (Å²) in [5.74, 6) is -0.237. The van der Waals surface area contributed by atoms with E-state index in [0.29, 0.717) is 25.4 Å². The minimum Gasteiger partial charge on any atom is -0.380 e. The lowest BCUT2D eigenvalue weighted by Gasteiger charge is -2.20. The van der Waals surface area contributed by atoms with Crippen LogP contribution in [0.2, 0.25) is 0 Å². The molecule has 0 spiro atoms. The molecule has 4 heteroatoms. The molecule has 0 unspecified atom stereocenters. The number of anilines is 1. The molecule has 0 bridgehead atoms. The molecule has 0 fully saturated rings. The van der Waals surface area contributed by atoms with Crippen LogP contribution in [-0.4, -0.2) is 26.8 Å². The molecular weight excluding hydrogens is 219 g/mol. The van der Waals surface area contributed by atoms with E-state index in [4.69, 9.17) is 10.5 Å². The van der Waals surface area contributed by atoms with E-state index in [0.717, 1.165) is 5.56 Å². The third-order valence-corrected chi connectivity index (χ3v) is 2.68. The molecular formula is C13H21FN2O. The number of nitrogens with zero attached hydrogens (tertiary/aromatic N) is 1. The fourth-order valence-electron chi connectivity index (χ4n) is 1.58. The maximum absolute atomic E-state index is 13.8. The number of hydrogen-bond acceptors (Lipinski definition) is 3. The maximum atomic E-state index is 13.8. The summed E-state index contributed by atoms with van der Waals surface area (Å²) < 4.78 is 19.1. The van der Waals surface area contributed by atoms with Crippen LogP contribution in [0.25, 0.3) is 0 Å². The minimum absolute atomic E-state index is 0.146. The molecule has 0 saturated carbocycles. The summed E-state index contributed by atoms with van der Waals surface area (Å²) >= 11 is 0. The lowest BCUT2D eigenvalue weighted by molar-refractivity contribution is 0.154. The molecule has 3 nitrogen and oxygen atoms in total. The Morgan fingerprint density at radius 3 is 2.71 bits per heavy atom. The van der Waals surface area contributed by atoms with Gasteiger partial charge in [-0.25, -0.2) is 4.39 Å². The van der Waals surface area contributed by atoms with Crippen LogP contribution in [-0.2, 0) is 4.74 Å². The van der Waals surface area contributed by atoms with Crippen molar-refractivity contribution in [1.29, 1.82) is 0 Å². The average molecular weight is 240 g/mol. The number of rotatable bonds is 6. The van der Waals surface area contributed by atoms with Gasteiger partial charge in [-0.1, -0.05) is 6.07 Å². The fourth-order valence-corrected chi connectivity index (χ4v) is 1.58. The lowest BCUT2D eigenvalue weighted by atomic mass is 10.1. The molecule has 0 saturated heterocycles. The number of ether oxygens (including phenoxy) is 1. The second-order valence-electron chi connectivity index (χ2n) is 4.12. The highest BCUT2D eigenvalue weighted by atomic mass is 19.1. The molecule has 0 aliphatic heterocycles. The van der Waals surface area contributed by atoms with Crippen LogP contribution in [0.1, 0.15) is 25.5 Å². The largest absolute Gasteiger partial charge is 0.380 e. The number of benzene rings is 1. The second-order valence-corrected chi connectivity index (χ2v) is 4.12. The predicted octanol–water partition coefficient (Wildman–Crippen LogP) is 2.32. The van der Waals surface area contributed by atoms with Crippen LogP contribution in [0.4, 0.5) is 10.1 Å². The first kappa shape index (κ1) is 13.9. The summed E-state index contributed by atoms with van der Waals surface area (Å²) in [6.07, 6.45) is 0. The monoisotopic (exact) mass is 240 g/mol. The summed E-state index contributed by atoms with van der Waals surface area (Å²) in [4.78, 5) is 1.84. The standard InChI is InChI=1S/C13H21FN2O/c1-4-17-8-7-16(3)13-6-5-11(10(2)15)9-12(13)14/h5-6,9-10H,4,7-8,15H2,1-3H3/t10-/m0/s1. The van der Waals surface area contributed by atoms with E-state index in [9.17, 15) is 4.39 Å². The van der Waals surface area contributed by atoms with Crippen LogP contribution >= 0.6 is 0 Å². The zero-order chi connectivity index (χ0) is 12.8. The number of likely N-dealkylation sites (N-methyl/N-ethyl adjacent to an activating group) is 1. The molecule has 1 aromatic rings. The fraction of sp³-hybridized carbons (Fsp3) is 0.538. The number of nitrogens with two attached hydrogens (primary N) is 1. The Morgan fingerprint density at radius 1 is 1.47 bits per heavy atom. The van der Waals surface area contributed by atoms with Gasteiger partial charge in [0.1, 0.15) is 5.82 Å². The molecule has 0 aliphatic rings. The van der Waals surface area contributed by atoms with Gasteiger partial charge in [0.2, 0.25) is 0 Å². The SMILES string of the molecule is CCOCCN(C)c1ccc([C@H](C)N)cc1F. The second kappa shape index (κ2) is 6.57. The third-order valence-electron chi connectivity index (χ3n) is 2.68. The van der Waals surface area contributed by atoms with Crippen LogP contribution < -0.4 is 10.6 Å². The molecule has 17 heavy (non-hydrogen) atoms. The molecule has 0 aliphatic carbocycles. The zero-order valence-corrected chi connectivity index (χ0v) is 10.7. The Labute approximate surface area is 102 Å². The van der Waals surface area contributed by atoms with E-state index in [1.807, 2.05) is 31.9 Å². The van der Waals surface area contributed by atoms with Crippen LogP contribution in [0.15, 0.2) is 18.2 Å². The minimum atomic E-state index is -0.237. The van der Waals surface area contributed by atoms with Crippen molar-refractivity contribution in [2.75, 3.05) is 31.7 Å². The van der Waals surface area contributed by atoms with Crippen molar-refractivity contribution in [3.05, 3.63) is 29.6 Å². The molecule has 2 N–H and O–H groups in total. The smallest absolute Gasteiger partial charge is 0.146 e. The Bertz CT molecular complexity index is 355. The first-order valence-corrected chi connectivity index (χ1v) is 5.90. The van der Waals surface area contributed by atoms with Crippen molar-refractivity contribution < 1.29 is 9.13 Å².